The molecule has 3 saturated carbocycles. The highest BCUT2D eigenvalue weighted by Crippen LogP contribution is 2.65. The van der Waals surface area contributed by atoms with Gasteiger partial charge < -0.3 is 21.3 Å². The topological polar surface area (TPSA) is 58.5 Å². The lowest BCUT2D eigenvalue weighted by Crippen LogP contribution is -2.51. The van der Waals surface area contributed by atoms with E-state index in [-0.39, 0.29) is 0 Å². The SMILES string of the molecule is CCN1CCC2(CC1)/C(=C/CC(C)N1CCC3(CC1)CCC1(CC1)C3N)CC[C@H]2N. The van der Waals surface area contributed by atoms with Crippen LogP contribution in [0, 0.1) is 16.2 Å². The molecule has 2 saturated heterocycles. The van der Waals surface area contributed by atoms with E-state index in [1.807, 2.05) is 0 Å². The van der Waals surface area contributed by atoms with Crippen molar-refractivity contribution in [3.05, 3.63) is 11.6 Å². The molecule has 4 heteroatoms. The van der Waals surface area contributed by atoms with E-state index in [1.165, 1.54) is 103 Å². The van der Waals surface area contributed by atoms with Crippen LogP contribution >= 0.6 is 0 Å². The number of rotatable bonds is 4. The van der Waals surface area contributed by atoms with Crippen LogP contribution < -0.4 is 11.5 Å². The van der Waals surface area contributed by atoms with Gasteiger partial charge in [0.25, 0.3) is 0 Å². The summed E-state index contributed by atoms with van der Waals surface area (Å²) in [5, 5.41) is 0. The Morgan fingerprint density at radius 2 is 1.53 bits per heavy atom. The minimum atomic E-state index is 0.312. The normalized spacial score (nSPS) is 37.5. The molecule has 0 bridgehead atoms. The van der Waals surface area contributed by atoms with Crippen LogP contribution in [0.2, 0.25) is 0 Å². The summed E-state index contributed by atoms with van der Waals surface area (Å²) < 4.78 is 0. The molecule has 2 aliphatic heterocycles. The van der Waals surface area contributed by atoms with Gasteiger partial charge in [-0.1, -0.05) is 18.6 Å². The minimum absolute atomic E-state index is 0.312. The van der Waals surface area contributed by atoms with Gasteiger partial charge in [-0.15, -0.1) is 0 Å². The highest BCUT2D eigenvalue weighted by Gasteiger charge is 2.61. The number of hydrogen-bond donors (Lipinski definition) is 2. The smallest absolute Gasteiger partial charge is 0.0153 e. The molecule has 5 fully saturated rings. The third-order valence-electron chi connectivity index (χ3n) is 10.7. The van der Waals surface area contributed by atoms with Crippen LogP contribution in [0.1, 0.15) is 84.5 Å². The second kappa shape index (κ2) is 7.86. The van der Waals surface area contributed by atoms with Crippen LogP contribution in [0.3, 0.4) is 0 Å². The van der Waals surface area contributed by atoms with E-state index >= 15 is 0 Å². The van der Waals surface area contributed by atoms with E-state index < -0.39 is 0 Å². The van der Waals surface area contributed by atoms with Crippen molar-refractivity contribution in [2.75, 3.05) is 32.7 Å². The van der Waals surface area contributed by atoms with Crippen molar-refractivity contribution in [2.24, 2.45) is 27.7 Å². The number of hydrogen-bond acceptors (Lipinski definition) is 4. The van der Waals surface area contributed by atoms with Crippen LogP contribution in [-0.2, 0) is 0 Å². The lowest BCUT2D eigenvalue weighted by Gasteiger charge is -2.45. The van der Waals surface area contributed by atoms with E-state index in [9.17, 15) is 0 Å². The summed E-state index contributed by atoms with van der Waals surface area (Å²) in [6.45, 7) is 10.9. The fraction of sp³-hybridized carbons (Fsp3) is 0.923. The fourth-order valence-electron chi connectivity index (χ4n) is 7.95. The predicted molar refractivity (Wildman–Crippen MR) is 125 cm³/mol. The summed E-state index contributed by atoms with van der Waals surface area (Å²) in [7, 11) is 0. The van der Waals surface area contributed by atoms with Crippen molar-refractivity contribution in [3.8, 4) is 0 Å². The number of piperidine rings is 2. The molecule has 30 heavy (non-hydrogen) atoms. The zero-order valence-corrected chi connectivity index (χ0v) is 19.7. The van der Waals surface area contributed by atoms with Crippen molar-refractivity contribution in [2.45, 2.75) is 103 Å². The molecule has 0 aromatic rings. The molecule has 5 rings (SSSR count). The van der Waals surface area contributed by atoms with Crippen LogP contribution in [0.5, 0.6) is 0 Å². The first-order valence-corrected chi connectivity index (χ1v) is 13.1. The molecular formula is C26H46N4. The monoisotopic (exact) mass is 414 g/mol. The van der Waals surface area contributed by atoms with Crippen molar-refractivity contribution in [1.29, 1.82) is 0 Å². The Morgan fingerprint density at radius 3 is 2.13 bits per heavy atom. The van der Waals surface area contributed by atoms with Gasteiger partial charge >= 0.3 is 0 Å². The lowest BCUT2D eigenvalue weighted by atomic mass is 9.71. The van der Waals surface area contributed by atoms with Gasteiger partial charge in [-0.3, -0.25) is 0 Å². The van der Waals surface area contributed by atoms with Crippen molar-refractivity contribution >= 4 is 0 Å². The number of nitrogens with zero attached hydrogens (tertiary/aromatic N) is 2. The Labute approximate surface area is 184 Å². The van der Waals surface area contributed by atoms with Crippen molar-refractivity contribution in [3.63, 3.8) is 0 Å². The summed E-state index contributed by atoms with van der Waals surface area (Å²) >= 11 is 0. The zero-order valence-electron chi connectivity index (χ0n) is 19.7. The first-order chi connectivity index (χ1) is 14.4. The van der Waals surface area contributed by atoms with Gasteiger partial charge in [-0.25, -0.2) is 0 Å². The molecule has 0 aromatic heterocycles. The van der Waals surface area contributed by atoms with Crippen LogP contribution in [0.25, 0.3) is 0 Å². The van der Waals surface area contributed by atoms with Crippen molar-refractivity contribution in [1.82, 2.24) is 9.80 Å². The summed E-state index contributed by atoms with van der Waals surface area (Å²) in [5.74, 6) is 0. The molecule has 2 unspecified atom stereocenters. The fourth-order valence-corrected chi connectivity index (χ4v) is 7.95. The molecule has 4 N–H and O–H groups in total. The average molecular weight is 415 g/mol. The molecule has 3 aliphatic carbocycles. The predicted octanol–water partition coefficient (Wildman–Crippen LogP) is 3.90. The Hall–Kier alpha value is -0.420. The molecule has 0 aromatic carbocycles. The summed E-state index contributed by atoms with van der Waals surface area (Å²) in [4.78, 5) is 5.35. The summed E-state index contributed by atoms with van der Waals surface area (Å²) in [6, 6.07) is 1.51. The van der Waals surface area contributed by atoms with E-state index in [2.05, 4.69) is 29.7 Å². The van der Waals surface area contributed by atoms with E-state index in [0.29, 0.717) is 34.4 Å². The lowest BCUT2D eigenvalue weighted by molar-refractivity contribution is 0.0651. The summed E-state index contributed by atoms with van der Waals surface area (Å²) in [6.07, 6.45) is 17.1. The molecular weight excluding hydrogens is 368 g/mol. The van der Waals surface area contributed by atoms with Crippen LogP contribution in [0.15, 0.2) is 11.6 Å². The van der Waals surface area contributed by atoms with Gasteiger partial charge in [0.1, 0.15) is 0 Å². The largest absolute Gasteiger partial charge is 0.327 e. The van der Waals surface area contributed by atoms with Gasteiger partial charge in [0, 0.05) is 23.5 Å². The maximum atomic E-state index is 6.82. The highest BCUT2D eigenvalue weighted by molar-refractivity contribution is 5.25. The second-order valence-electron chi connectivity index (χ2n) is 11.8. The third kappa shape index (κ3) is 3.41. The quantitative estimate of drug-likeness (QED) is 0.685. The average Bonchev–Trinajstić information content (AvgIpc) is 3.46. The molecule has 3 atom stereocenters. The minimum Gasteiger partial charge on any atom is -0.327 e. The molecule has 0 amide bonds. The molecule has 3 spiro atoms. The Kier molecular flexibility index (Phi) is 5.62. The molecule has 5 aliphatic rings. The Bertz CT molecular complexity index is 650. The molecule has 2 heterocycles. The zero-order chi connectivity index (χ0) is 21.0. The van der Waals surface area contributed by atoms with Gasteiger partial charge in [0.15, 0.2) is 0 Å². The third-order valence-corrected chi connectivity index (χ3v) is 10.7. The van der Waals surface area contributed by atoms with Gasteiger partial charge in [0.05, 0.1) is 0 Å². The van der Waals surface area contributed by atoms with Gasteiger partial charge in [0.2, 0.25) is 0 Å². The van der Waals surface area contributed by atoms with E-state index in [0.717, 1.165) is 0 Å². The second-order valence-corrected chi connectivity index (χ2v) is 11.8. The maximum Gasteiger partial charge on any atom is 0.0153 e. The van der Waals surface area contributed by atoms with Crippen molar-refractivity contribution < 1.29 is 0 Å². The van der Waals surface area contributed by atoms with E-state index in [1.54, 1.807) is 5.57 Å². The first-order valence-electron chi connectivity index (χ1n) is 13.1. The van der Waals surface area contributed by atoms with Gasteiger partial charge in [-0.2, -0.15) is 0 Å². The summed E-state index contributed by atoms with van der Waals surface area (Å²) in [5.41, 5.74) is 16.6. The first kappa shape index (κ1) is 21.4. The van der Waals surface area contributed by atoms with Crippen LogP contribution in [0.4, 0.5) is 0 Å². The molecule has 170 valence electrons. The standard InChI is InChI=1S/C26H46N4/c1-3-29-16-14-26(15-17-29)21(6-7-22(26)27)5-4-20(2)30-18-12-25(13-19-30)11-10-24(8-9-24)23(25)28/h5,20,22-23H,3-4,6-19,27-28H2,1-2H3/b21-5+/t20?,22-,23?/m1/s1. The Morgan fingerprint density at radius 1 is 0.933 bits per heavy atom. The highest BCUT2D eigenvalue weighted by atomic mass is 15.2. The molecule has 0 radical (unpaired) electrons. The Balaban J connectivity index is 1.18. The number of nitrogens with two attached hydrogens (primary N) is 2. The van der Waals surface area contributed by atoms with Gasteiger partial charge in [-0.05, 0) is 121 Å². The molecule has 4 nitrogen and oxygen atoms in total. The maximum absolute atomic E-state index is 6.82. The number of likely N-dealkylation sites (tertiary alicyclic amines) is 2. The van der Waals surface area contributed by atoms with Crippen LogP contribution in [-0.4, -0.2) is 60.6 Å². The van der Waals surface area contributed by atoms with E-state index in [4.69, 9.17) is 11.5 Å².